The highest BCUT2D eigenvalue weighted by Gasteiger charge is 2.28. The van der Waals surface area contributed by atoms with Crippen molar-refractivity contribution < 1.29 is 9.53 Å². The molecule has 2 heterocycles. The number of carbonyl (C=O) groups is 1. The Hall–Kier alpha value is -1.66. The first-order valence-electron chi connectivity index (χ1n) is 6.81. The fourth-order valence-electron chi connectivity index (χ4n) is 2.41. The number of pyridine rings is 1. The van der Waals surface area contributed by atoms with E-state index in [9.17, 15) is 9.59 Å². The summed E-state index contributed by atoms with van der Waals surface area (Å²) >= 11 is 0. The average molecular weight is 279 g/mol. The number of aryl methyl sites for hydroxylation is 2. The van der Waals surface area contributed by atoms with Crippen molar-refractivity contribution in [3.05, 3.63) is 33.2 Å². The molecule has 0 unspecified atom stereocenters. The van der Waals surface area contributed by atoms with E-state index in [1.54, 1.807) is 0 Å². The van der Waals surface area contributed by atoms with Crippen LogP contribution in [0.2, 0.25) is 0 Å². The highest BCUT2D eigenvalue weighted by Crippen LogP contribution is 2.06. The monoisotopic (exact) mass is 279 g/mol. The van der Waals surface area contributed by atoms with Gasteiger partial charge in [-0.3, -0.25) is 9.59 Å². The van der Waals surface area contributed by atoms with E-state index in [4.69, 9.17) is 4.74 Å². The van der Waals surface area contributed by atoms with Gasteiger partial charge < -0.3 is 20.4 Å². The van der Waals surface area contributed by atoms with Gasteiger partial charge >= 0.3 is 0 Å². The van der Waals surface area contributed by atoms with Gasteiger partial charge in [0.15, 0.2) is 0 Å². The van der Waals surface area contributed by atoms with Gasteiger partial charge in [0.2, 0.25) is 5.91 Å². The van der Waals surface area contributed by atoms with E-state index >= 15 is 0 Å². The molecular formula is C14H21N3O3. The zero-order chi connectivity index (χ0) is 14.7. The number of aromatic amines is 1. The molecule has 0 spiro atoms. The fourth-order valence-corrected chi connectivity index (χ4v) is 2.41. The van der Waals surface area contributed by atoms with E-state index in [2.05, 4.69) is 15.6 Å². The minimum absolute atomic E-state index is 0.142. The molecule has 0 radical (unpaired) electrons. The van der Waals surface area contributed by atoms with Crippen LogP contribution in [-0.2, 0) is 16.1 Å². The normalized spacial score (nSPS) is 22.6. The van der Waals surface area contributed by atoms with Gasteiger partial charge in [0.05, 0.1) is 12.7 Å². The molecule has 20 heavy (non-hydrogen) atoms. The quantitative estimate of drug-likeness (QED) is 0.726. The van der Waals surface area contributed by atoms with E-state index in [0.29, 0.717) is 18.7 Å². The molecule has 1 aliphatic rings. The van der Waals surface area contributed by atoms with Gasteiger partial charge in [-0.15, -0.1) is 0 Å². The summed E-state index contributed by atoms with van der Waals surface area (Å²) in [6, 6.07) is 1.53. The SMILES string of the molecule is Cc1cc(C)c(CNC(=O)[C@H]2NCCO[C@@H]2C)c(=O)[nH]1. The molecule has 1 fully saturated rings. The predicted molar refractivity (Wildman–Crippen MR) is 75.6 cm³/mol. The molecule has 1 aromatic heterocycles. The lowest BCUT2D eigenvalue weighted by Crippen LogP contribution is -2.55. The van der Waals surface area contributed by atoms with Crippen LogP contribution in [0.1, 0.15) is 23.7 Å². The van der Waals surface area contributed by atoms with Crippen LogP contribution in [0, 0.1) is 13.8 Å². The van der Waals surface area contributed by atoms with Crippen molar-refractivity contribution in [2.45, 2.75) is 39.5 Å². The molecule has 2 rings (SSSR count). The molecule has 6 heteroatoms. The van der Waals surface area contributed by atoms with E-state index < -0.39 is 0 Å². The Balaban J connectivity index is 2.02. The molecule has 3 N–H and O–H groups in total. The molecular weight excluding hydrogens is 258 g/mol. The summed E-state index contributed by atoms with van der Waals surface area (Å²) in [5, 5.41) is 5.92. The van der Waals surface area contributed by atoms with Crippen molar-refractivity contribution in [1.29, 1.82) is 0 Å². The molecule has 110 valence electrons. The number of rotatable bonds is 3. The maximum atomic E-state index is 12.1. The zero-order valence-corrected chi connectivity index (χ0v) is 12.1. The third-order valence-electron chi connectivity index (χ3n) is 3.53. The number of hydrogen-bond donors (Lipinski definition) is 3. The van der Waals surface area contributed by atoms with Crippen molar-refractivity contribution in [3.8, 4) is 0 Å². The van der Waals surface area contributed by atoms with E-state index in [1.807, 2.05) is 26.8 Å². The molecule has 0 saturated carbocycles. The van der Waals surface area contributed by atoms with E-state index in [1.165, 1.54) is 0 Å². The van der Waals surface area contributed by atoms with Gasteiger partial charge in [-0.05, 0) is 32.4 Å². The second-order valence-corrected chi connectivity index (χ2v) is 5.17. The molecule has 0 bridgehead atoms. The summed E-state index contributed by atoms with van der Waals surface area (Å²) in [5.41, 5.74) is 2.14. The zero-order valence-electron chi connectivity index (χ0n) is 12.1. The first kappa shape index (κ1) is 14.7. The molecule has 0 aromatic carbocycles. The van der Waals surface area contributed by atoms with Crippen LogP contribution in [0.5, 0.6) is 0 Å². The lowest BCUT2D eigenvalue weighted by molar-refractivity contribution is -0.129. The standard InChI is InChI=1S/C14H21N3O3/c1-8-6-9(2)17-13(18)11(8)7-16-14(19)12-10(3)20-5-4-15-12/h6,10,12,15H,4-5,7H2,1-3H3,(H,16,19)(H,17,18)/t10-,12+/m1/s1. The summed E-state index contributed by atoms with van der Waals surface area (Å²) in [6.07, 6.45) is -0.166. The fraction of sp³-hybridized carbons (Fsp3) is 0.571. The minimum Gasteiger partial charge on any atom is -0.375 e. The Morgan fingerprint density at radius 1 is 1.50 bits per heavy atom. The minimum atomic E-state index is -0.367. The lowest BCUT2D eigenvalue weighted by atomic mass is 10.1. The Bertz CT molecular complexity index is 553. The topological polar surface area (TPSA) is 83.2 Å². The summed E-state index contributed by atoms with van der Waals surface area (Å²) in [5.74, 6) is -0.142. The number of ether oxygens (including phenoxy) is 1. The molecule has 2 atom stereocenters. The van der Waals surface area contributed by atoms with E-state index in [0.717, 1.165) is 11.3 Å². The van der Waals surface area contributed by atoms with Gasteiger partial charge in [-0.25, -0.2) is 0 Å². The second-order valence-electron chi connectivity index (χ2n) is 5.17. The smallest absolute Gasteiger partial charge is 0.253 e. The van der Waals surface area contributed by atoms with Crippen LogP contribution < -0.4 is 16.2 Å². The summed E-state index contributed by atoms with van der Waals surface area (Å²) in [6.45, 7) is 7.07. The maximum absolute atomic E-state index is 12.1. The summed E-state index contributed by atoms with van der Waals surface area (Å²) in [4.78, 5) is 26.7. The van der Waals surface area contributed by atoms with Gasteiger partial charge in [0.1, 0.15) is 6.04 Å². The Morgan fingerprint density at radius 3 is 2.90 bits per heavy atom. The number of amides is 1. The Kier molecular flexibility index (Phi) is 4.57. The van der Waals surface area contributed by atoms with Crippen LogP contribution in [0.15, 0.2) is 10.9 Å². The third-order valence-corrected chi connectivity index (χ3v) is 3.53. The first-order valence-corrected chi connectivity index (χ1v) is 6.81. The van der Waals surface area contributed by atoms with Crippen molar-refractivity contribution in [2.24, 2.45) is 0 Å². The second kappa shape index (κ2) is 6.19. The average Bonchev–Trinajstić information content (AvgIpc) is 2.37. The maximum Gasteiger partial charge on any atom is 0.253 e. The molecule has 1 saturated heterocycles. The Labute approximate surface area is 117 Å². The van der Waals surface area contributed by atoms with Gasteiger partial charge in [0, 0.05) is 24.3 Å². The third kappa shape index (κ3) is 3.26. The number of nitrogens with one attached hydrogen (secondary N) is 3. The molecule has 1 aliphatic heterocycles. The predicted octanol–water partition coefficient (Wildman–Crippen LogP) is -0.0152. The van der Waals surface area contributed by atoms with Crippen LogP contribution in [0.3, 0.4) is 0 Å². The highest BCUT2D eigenvalue weighted by molar-refractivity contribution is 5.82. The van der Waals surface area contributed by atoms with Gasteiger partial charge in [-0.1, -0.05) is 0 Å². The van der Waals surface area contributed by atoms with Crippen molar-refractivity contribution >= 4 is 5.91 Å². The van der Waals surface area contributed by atoms with E-state index in [-0.39, 0.29) is 30.2 Å². The van der Waals surface area contributed by atoms with Crippen LogP contribution in [-0.4, -0.2) is 36.2 Å². The first-order chi connectivity index (χ1) is 9.49. The van der Waals surface area contributed by atoms with Crippen molar-refractivity contribution in [2.75, 3.05) is 13.2 Å². The van der Waals surface area contributed by atoms with Crippen LogP contribution in [0.25, 0.3) is 0 Å². The molecule has 6 nitrogen and oxygen atoms in total. The van der Waals surface area contributed by atoms with Crippen molar-refractivity contribution in [1.82, 2.24) is 15.6 Å². The molecule has 1 aromatic rings. The van der Waals surface area contributed by atoms with Crippen LogP contribution in [0.4, 0.5) is 0 Å². The van der Waals surface area contributed by atoms with Crippen molar-refractivity contribution in [3.63, 3.8) is 0 Å². The number of H-pyrrole nitrogens is 1. The van der Waals surface area contributed by atoms with Gasteiger partial charge in [0.25, 0.3) is 5.56 Å². The lowest BCUT2D eigenvalue weighted by Gasteiger charge is -2.29. The molecule has 1 amide bonds. The number of morpholine rings is 1. The number of carbonyl (C=O) groups excluding carboxylic acids is 1. The largest absolute Gasteiger partial charge is 0.375 e. The number of aromatic nitrogens is 1. The van der Waals surface area contributed by atoms with Gasteiger partial charge in [-0.2, -0.15) is 0 Å². The number of hydrogen-bond acceptors (Lipinski definition) is 4. The summed E-state index contributed by atoms with van der Waals surface area (Å²) in [7, 11) is 0. The van der Waals surface area contributed by atoms with Crippen LogP contribution >= 0.6 is 0 Å². The molecule has 0 aliphatic carbocycles. The summed E-state index contributed by atoms with van der Waals surface area (Å²) < 4.78 is 5.44. The Morgan fingerprint density at radius 2 is 2.25 bits per heavy atom. The highest BCUT2D eigenvalue weighted by atomic mass is 16.5.